The number of phenolic OH excluding ortho intramolecular Hbond substituents is 1. The highest BCUT2D eigenvalue weighted by molar-refractivity contribution is 5.36. The Morgan fingerprint density at radius 1 is 1.42 bits per heavy atom. The van der Waals surface area contributed by atoms with E-state index in [2.05, 4.69) is 0 Å². The van der Waals surface area contributed by atoms with Crippen molar-refractivity contribution in [3.05, 3.63) is 29.8 Å². The molecule has 1 unspecified atom stereocenters. The van der Waals surface area contributed by atoms with Crippen LogP contribution in [0.3, 0.4) is 0 Å². The van der Waals surface area contributed by atoms with E-state index in [4.69, 9.17) is 5.11 Å². The summed E-state index contributed by atoms with van der Waals surface area (Å²) in [5.41, 5.74) is -1.75. The van der Waals surface area contributed by atoms with Crippen molar-refractivity contribution in [1.29, 1.82) is 0 Å². The molecule has 2 nitrogen and oxygen atoms in total. The van der Waals surface area contributed by atoms with E-state index in [-0.39, 0.29) is 11.3 Å². The molecule has 0 aromatic heterocycles. The lowest BCUT2D eigenvalue weighted by atomic mass is 9.98. The van der Waals surface area contributed by atoms with Gasteiger partial charge in [0.1, 0.15) is 5.75 Å². The lowest BCUT2D eigenvalue weighted by Crippen LogP contribution is -2.20. The van der Waals surface area contributed by atoms with E-state index in [1.54, 1.807) is 12.1 Å². The minimum absolute atomic E-state index is 0.118. The third kappa shape index (κ3) is 1.56. The van der Waals surface area contributed by atoms with Gasteiger partial charge in [-0.1, -0.05) is 18.2 Å². The number of aromatic hydroxyl groups is 1. The van der Waals surface area contributed by atoms with Crippen LogP contribution in [-0.2, 0) is 5.67 Å². The van der Waals surface area contributed by atoms with Crippen LogP contribution < -0.4 is 0 Å². The number of para-hydroxylation sites is 1. The molecule has 0 bridgehead atoms. The Kier molecular flexibility index (Phi) is 2.33. The summed E-state index contributed by atoms with van der Waals surface area (Å²) in [6.45, 7) is 0.590. The van der Waals surface area contributed by atoms with Gasteiger partial charge in [-0.15, -0.1) is 0 Å². The molecule has 0 aliphatic heterocycles. The highest BCUT2D eigenvalue weighted by atomic mass is 19.1. The zero-order chi connectivity index (χ0) is 9.19. The highest BCUT2D eigenvalue weighted by Gasteiger charge is 2.27. The van der Waals surface area contributed by atoms with Crippen molar-refractivity contribution in [1.82, 2.24) is 0 Å². The molecule has 0 radical (unpaired) electrons. The van der Waals surface area contributed by atoms with Gasteiger partial charge in [0.05, 0.1) is 6.61 Å². The Bertz CT molecular complexity index is 271. The summed E-state index contributed by atoms with van der Waals surface area (Å²) in [5.74, 6) is -0.128. The summed E-state index contributed by atoms with van der Waals surface area (Å²) >= 11 is 0. The molecule has 0 amide bonds. The topological polar surface area (TPSA) is 40.5 Å². The van der Waals surface area contributed by atoms with Crippen LogP contribution in [0.1, 0.15) is 12.5 Å². The Labute approximate surface area is 70.3 Å². The predicted molar refractivity (Wildman–Crippen MR) is 43.7 cm³/mol. The normalized spacial score (nSPS) is 15.6. The predicted octanol–water partition coefficient (Wildman–Crippen LogP) is 1.57. The number of rotatable bonds is 2. The van der Waals surface area contributed by atoms with Crippen LogP contribution in [0.25, 0.3) is 0 Å². The van der Waals surface area contributed by atoms with Gasteiger partial charge in [0.2, 0.25) is 0 Å². The van der Waals surface area contributed by atoms with Gasteiger partial charge in [-0.05, 0) is 13.0 Å². The van der Waals surface area contributed by atoms with Crippen LogP contribution >= 0.6 is 0 Å². The summed E-state index contributed by atoms with van der Waals surface area (Å²) in [6, 6.07) is 6.06. The zero-order valence-corrected chi connectivity index (χ0v) is 6.79. The summed E-state index contributed by atoms with van der Waals surface area (Å²) in [6.07, 6.45) is 0. The van der Waals surface area contributed by atoms with Crippen LogP contribution in [0.5, 0.6) is 5.75 Å². The van der Waals surface area contributed by atoms with Crippen molar-refractivity contribution in [3.8, 4) is 5.75 Å². The lowest BCUT2D eigenvalue weighted by Gasteiger charge is -2.18. The van der Waals surface area contributed by atoms with Crippen molar-refractivity contribution in [2.45, 2.75) is 12.6 Å². The second-order valence-electron chi connectivity index (χ2n) is 2.87. The first-order valence-corrected chi connectivity index (χ1v) is 3.66. The molecule has 0 aliphatic rings. The molecular formula is C9H11FO2. The fourth-order valence-corrected chi connectivity index (χ4v) is 1.000. The summed E-state index contributed by atoms with van der Waals surface area (Å²) in [7, 11) is 0. The number of hydrogen-bond acceptors (Lipinski definition) is 2. The third-order valence-electron chi connectivity index (χ3n) is 1.76. The first kappa shape index (κ1) is 9.00. The van der Waals surface area contributed by atoms with E-state index in [0.717, 1.165) is 0 Å². The van der Waals surface area contributed by atoms with Gasteiger partial charge in [0, 0.05) is 5.56 Å². The number of phenols is 1. The van der Waals surface area contributed by atoms with E-state index in [9.17, 15) is 9.50 Å². The van der Waals surface area contributed by atoms with Crippen LogP contribution in [0.4, 0.5) is 4.39 Å². The molecule has 0 fully saturated rings. The number of benzene rings is 1. The van der Waals surface area contributed by atoms with E-state index in [1.807, 2.05) is 0 Å². The average molecular weight is 170 g/mol. The molecule has 1 atom stereocenters. The molecular weight excluding hydrogens is 159 g/mol. The van der Waals surface area contributed by atoms with Crippen LogP contribution in [0.15, 0.2) is 24.3 Å². The molecule has 1 aromatic carbocycles. The largest absolute Gasteiger partial charge is 0.508 e. The van der Waals surface area contributed by atoms with Crippen LogP contribution in [0, 0.1) is 0 Å². The van der Waals surface area contributed by atoms with Gasteiger partial charge in [-0.25, -0.2) is 4.39 Å². The molecule has 0 saturated carbocycles. The van der Waals surface area contributed by atoms with E-state index < -0.39 is 12.3 Å². The summed E-state index contributed by atoms with van der Waals surface area (Å²) < 4.78 is 13.4. The third-order valence-corrected chi connectivity index (χ3v) is 1.76. The van der Waals surface area contributed by atoms with Gasteiger partial charge >= 0.3 is 0 Å². The molecule has 12 heavy (non-hydrogen) atoms. The van der Waals surface area contributed by atoms with Gasteiger partial charge < -0.3 is 10.2 Å². The molecule has 1 aromatic rings. The molecule has 2 N–H and O–H groups in total. The van der Waals surface area contributed by atoms with Gasteiger partial charge in [-0.3, -0.25) is 0 Å². The van der Waals surface area contributed by atoms with E-state index in [0.29, 0.717) is 0 Å². The first-order chi connectivity index (χ1) is 5.58. The Morgan fingerprint density at radius 3 is 2.50 bits per heavy atom. The van der Waals surface area contributed by atoms with E-state index in [1.165, 1.54) is 19.1 Å². The van der Waals surface area contributed by atoms with Gasteiger partial charge in [0.25, 0.3) is 0 Å². The molecule has 0 saturated heterocycles. The van der Waals surface area contributed by atoms with E-state index >= 15 is 0 Å². The monoisotopic (exact) mass is 170 g/mol. The number of alkyl halides is 1. The molecule has 0 heterocycles. The minimum Gasteiger partial charge on any atom is -0.508 e. The standard InChI is InChI=1S/C9H11FO2/c1-9(10,6-11)7-4-2-3-5-8(7)12/h2-5,11-12H,6H2,1H3. The Hall–Kier alpha value is -1.09. The lowest BCUT2D eigenvalue weighted by molar-refractivity contribution is 0.0843. The van der Waals surface area contributed by atoms with Gasteiger partial charge in [0.15, 0.2) is 5.67 Å². The van der Waals surface area contributed by atoms with Crippen molar-refractivity contribution < 1.29 is 14.6 Å². The molecule has 66 valence electrons. The number of halogens is 1. The van der Waals surface area contributed by atoms with Gasteiger partial charge in [-0.2, -0.15) is 0 Å². The SMILES string of the molecule is CC(F)(CO)c1ccccc1O. The minimum atomic E-state index is -1.87. The van der Waals surface area contributed by atoms with Crippen molar-refractivity contribution in [2.75, 3.05) is 6.61 Å². The van der Waals surface area contributed by atoms with Crippen molar-refractivity contribution in [2.24, 2.45) is 0 Å². The average Bonchev–Trinajstić information content (AvgIpc) is 2.05. The maximum absolute atomic E-state index is 13.4. The highest BCUT2D eigenvalue weighted by Crippen LogP contribution is 2.31. The first-order valence-electron chi connectivity index (χ1n) is 3.66. The second kappa shape index (κ2) is 3.11. The second-order valence-corrected chi connectivity index (χ2v) is 2.87. The summed E-state index contributed by atoms with van der Waals surface area (Å²) in [5, 5.41) is 17.9. The smallest absolute Gasteiger partial charge is 0.159 e. The van der Waals surface area contributed by atoms with Crippen LogP contribution in [-0.4, -0.2) is 16.8 Å². The maximum atomic E-state index is 13.4. The van der Waals surface area contributed by atoms with Crippen molar-refractivity contribution in [3.63, 3.8) is 0 Å². The number of hydrogen-bond donors (Lipinski definition) is 2. The molecule has 3 heteroatoms. The molecule has 1 rings (SSSR count). The van der Waals surface area contributed by atoms with Crippen LogP contribution in [0.2, 0.25) is 0 Å². The maximum Gasteiger partial charge on any atom is 0.159 e. The quantitative estimate of drug-likeness (QED) is 0.707. The Balaban J connectivity index is 3.10. The summed E-state index contributed by atoms with van der Waals surface area (Å²) in [4.78, 5) is 0. The Morgan fingerprint density at radius 2 is 2.00 bits per heavy atom. The number of aliphatic hydroxyl groups is 1. The van der Waals surface area contributed by atoms with Crippen molar-refractivity contribution >= 4 is 0 Å². The number of aliphatic hydroxyl groups excluding tert-OH is 1. The molecule has 0 aliphatic carbocycles. The fraction of sp³-hybridized carbons (Fsp3) is 0.333. The zero-order valence-electron chi connectivity index (χ0n) is 6.79. The fourth-order valence-electron chi connectivity index (χ4n) is 1.000. The molecule has 0 spiro atoms.